The highest BCUT2D eigenvalue weighted by atomic mass is 16.5. The van der Waals surface area contributed by atoms with E-state index in [-0.39, 0.29) is 61.6 Å². The van der Waals surface area contributed by atoms with Gasteiger partial charge in [-0.1, -0.05) is 6.92 Å². The minimum Gasteiger partial charge on any atom is -0.507 e. The fourth-order valence-corrected chi connectivity index (χ4v) is 3.55. The third-order valence-electron chi connectivity index (χ3n) is 4.72. The standard InChI is InChI=1S/C21H24O8/c1-12-6-13-8-14-9-15(29-5-4-27-2-3-28-11-18(24)25)10-17(23)20(14)21(26)19(13)16(22)7-12/h8-10,12,23,26H,2-7,11H2,1H3,(H,24,25)/t12-/m1/s1. The Kier molecular flexibility index (Phi) is 6.56. The number of aromatic hydroxyl groups is 2. The summed E-state index contributed by atoms with van der Waals surface area (Å²) in [6.45, 7) is 2.52. The predicted octanol–water partition coefficient (Wildman–Crippen LogP) is 2.51. The summed E-state index contributed by atoms with van der Waals surface area (Å²) in [6.07, 6.45) is 1.07. The Bertz CT molecular complexity index is 921. The number of carbonyl (C=O) groups excluding carboxylic acids is 1. The molecular weight excluding hydrogens is 380 g/mol. The Morgan fingerprint density at radius 1 is 1.07 bits per heavy atom. The van der Waals surface area contributed by atoms with Crippen LogP contribution in [0.15, 0.2) is 18.2 Å². The van der Waals surface area contributed by atoms with E-state index in [4.69, 9.17) is 19.3 Å². The van der Waals surface area contributed by atoms with Crippen molar-refractivity contribution in [2.45, 2.75) is 19.8 Å². The first-order chi connectivity index (χ1) is 13.9. The summed E-state index contributed by atoms with van der Waals surface area (Å²) >= 11 is 0. The van der Waals surface area contributed by atoms with E-state index >= 15 is 0 Å². The van der Waals surface area contributed by atoms with E-state index in [0.717, 1.165) is 5.56 Å². The molecule has 0 aromatic heterocycles. The molecule has 0 spiro atoms. The number of hydrogen-bond acceptors (Lipinski definition) is 7. The maximum absolute atomic E-state index is 12.3. The van der Waals surface area contributed by atoms with Crippen LogP contribution in [0, 0.1) is 5.92 Å². The van der Waals surface area contributed by atoms with Crippen molar-refractivity contribution >= 4 is 22.5 Å². The molecule has 156 valence electrons. The zero-order valence-electron chi connectivity index (χ0n) is 16.1. The van der Waals surface area contributed by atoms with Gasteiger partial charge in [0.05, 0.1) is 30.8 Å². The van der Waals surface area contributed by atoms with Crippen LogP contribution in [-0.4, -0.2) is 60.1 Å². The Morgan fingerprint density at radius 3 is 2.55 bits per heavy atom. The Balaban J connectivity index is 1.64. The fourth-order valence-electron chi connectivity index (χ4n) is 3.55. The lowest BCUT2D eigenvalue weighted by Crippen LogP contribution is -2.18. The molecule has 0 saturated carbocycles. The smallest absolute Gasteiger partial charge is 0.329 e. The highest BCUT2D eigenvalue weighted by Gasteiger charge is 2.27. The molecule has 1 atom stereocenters. The van der Waals surface area contributed by atoms with Crippen LogP contribution < -0.4 is 4.74 Å². The Hall–Kier alpha value is -2.84. The summed E-state index contributed by atoms with van der Waals surface area (Å²) in [5, 5.41) is 30.2. The monoisotopic (exact) mass is 404 g/mol. The van der Waals surface area contributed by atoms with Gasteiger partial charge in [0, 0.05) is 12.5 Å². The number of benzene rings is 2. The lowest BCUT2D eigenvalue weighted by Gasteiger charge is -2.22. The Morgan fingerprint density at radius 2 is 1.79 bits per heavy atom. The number of phenols is 2. The zero-order valence-corrected chi connectivity index (χ0v) is 16.1. The number of carbonyl (C=O) groups is 2. The highest BCUT2D eigenvalue weighted by Crippen LogP contribution is 2.42. The van der Waals surface area contributed by atoms with E-state index in [9.17, 15) is 19.8 Å². The van der Waals surface area contributed by atoms with Gasteiger partial charge in [-0.3, -0.25) is 4.79 Å². The molecule has 0 bridgehead atoms. The predicted molar refractivity (Wildman–Crippen MR) is 104 cm³/mol. The van der Waals surface area contributed by atoms with Crippen molar-refractivity contribution in [3.63, 3.8) is 0 Å². The summed E-state index contributed by atoms with van der Waals surface area (Å²) in [5.74, 6) is -0.861. The second-order valence-electron chi connectivity index (χ2n) is 7.14. The second-order valence-corrected chi connectivity index (χ2v) is 7.14. The van der Waals surface area contributed by atoms with Crippen molar-refractivity contribution in [2.75, 3.05) is 33.0 Å². The van der Waals surface area contributed by atoms with Crippen LogP contribution in [0.3, 0.4) is 0 Å². The average molecular weight is 404 g/mol. The van der Waals surface area contributed by atoms with E-state index in [2.05, 4.69) is 0 Å². The zero-order chi connectivity index (χ0) is 21.0. The van der Waals surface area contributed by atoms with Gasteiger partial charge < -0.3 is 29.5 Å². The molecule has 3 rings (SSSR count). The van der Waals surface area contributed by atoms with Crippen molar-refractivity contribution in [1.29, 1.82) is 0 Å². The number of carboxylic acid groups (broad SMARTS) is 1. The molecule has 2 aromatic carbocycles. The second kappa shape index (κ2) is 9.11. The molecule has 0 fully saturated rings. The van der Waals surface area contributed by atoms with Crippen LogP contribution in [0.4, 0.5) is 0 Å². The minimum absolute atomic E-state index is 0.109. The van der Waals surface area contributed by atoms with E-state index in [1.807, 2.05) is 13.0 Å². The molecule has 0 aliphatic heterocycles. The van der Waals surface area contributed by atoms with Crippen LogP contribution in [0.5, 0.6) is 17.2 Å². The molecule has 1 aliphatic rings. The molecular formula is C21H24O8. The SMILES string of the molecule is C[C@H]1CC(=O)c2c(cc3cc(OCCOCCOCC(=O)O)cc(O)c3c2O)C1. The summed E-state index contributed by atoms with van der Waals surface area (Å²) in [7, 11) is 0. The maximum Gasteiger partial charge on any atom is 0.329 e. The number of ketones is 1. The van der Waals surface area contributed by atoms with Crippen LogP contribution >= 0.6 is 0 Å². The van der Waals surface area contributed by atoms with Gasteiger partial charge in [0.25, 0.3) is 0 Å². The largest absolute Gasteiger partial charge is 0.507 e. The van der Waals surface area contributed by atoms with Crippen LogP contribution in [0.2, 0.25) is 0 Å². The van der Waals surface area contributed by atoms with Crippen molar-refractivity contribution in [1.82, 2.24) is 0 Å². The first kappa shape index (κ1) is 20.9. The first-order valence-corrected chi connectivity index (χ1v) is 9.41. The lowest BCUT2D eigenvalue weighted by molar-refractivity contribution is -0.142. The van der Waals surface area contributed by atoms with Crippen molar-refractivity contribution in [3.05, 3.63) is 29.3 Å². The molecule has 0 saturated heterocycles. The number of phenolic OH excluding ortho intramolecular Hbond substituents is 2. The molecule has 0 heterocycles. The fraction of sp³-hybridized carbons (Fsp3) is 0.429. The van der Waals surface area contributed by atoms with Gasteiger partial charge in [0.15, 0.2) is 5.78 Å². The van der Waals surface area contributed by atoms with Gasteiger partial charge >= 0.3 is 5.97 Å². The number of fused-ring (bicyclic) bond motifs is 2. The van der Waals surface area contributed by atoms with Crippen molar-refractivity contribution in [2.24, 2.45) is 5.92 Å². The molecule has 0 unspecified atom stereocenters. The molecule has 0 radical (unpaired) electrons. The lowest BCUT2D eigenvalue weighted by atomic mass is 9.82. The van der Waals surface area contributed by atoms with Gasteiger partial charge in [-0.2, -0.15) is 0 Å². The van der Waals surface area contributed by atoms with Gasteiger partial charge in [0.1, 0.15) is 30.5 Å². The van der Waals surface area contributed by atoms with Crippen LogP contribution in [0.25, 0.3) is 10.8 Å². The number of carboxylic acids is 1. The Labute approximate surface area is 167 Å². The van der Waals surface area contributed by atoms with Crippen molar-refractivity contribution in [3.8, 4) is 17.2 Å². The topological polar surface area (TPSA) is 123 Å². The number of hydrogen-bond donors (Lipinski definition) is 3. The molecule has 29 heavy (non-hydrogen) atoms. The van der Waals surface area contributed by atoms with Crippen LogP contribution in [0.1, 0.15) is 29.3 Å². The molecule has 8 heteroatoms. The molecule has 8 nitrogen and oxygen atoms in total. The van der Waals surface area contributed by atoms with E-state index in [1.54, 1.807) is 6.07 Å². The number of rotatable bonds is 9. The summed E-state index contributed by atoms with van der Waals surface area (Å²) < 4.78 is 15.7. The van der Waals surface area contributed by atoms with Gasteiger partial charge in [0.2, 0.25) is 0 Å². The number of aliphatic carboxylic acids is 1. The van der Waals surface area contributed by atoms with Gasteiger partial charge in [-0.25, -0.2) is 4.79 Å². The third-order valence-corrected chi connectivity index (χ3v) is 4.72. The van der Waals surface area contributed by atoms with E-state index < -0.39 is 5.97 Å². The normalized spacial score (nSPS) is 16.0. The van der Waals surface area contributed by atoms with Gasteiger partial charge in [-0.15, -0.1) is 0 Å². The number of Topliss-reactive ketones (excluding diaryl/α,β-unsaturated/α-hetero) is 1. The van der Waals surface area contributed by atoms with E-state index in [1.165, 1.54) is 6.07 Å². The third kappa shape index (κ3) is 4.96. The van der Waals surface area contributed by atoms with E-state index in [0.29, 0.717) is 29.5 Å². The van der Waals surface area contributed by atoms with Crippen LogP contribution in [-0.2, 0) is 20.7 Å². The summed E-state index contributed by atoms with van der Waals surface area (Å²) in [6, 6.07) is 4.91. The summed E-state index contributed by atoms with van der Waals surface area (Å²) in [4.78, 5) is 22.6. The first-order valence-electron chi connectivity index (χ1n) is 9.41. The minimum atomic E-state index is -1.03. The van der Waals surface area contributed by atoms with Gasteiger partial charge in [-0.05, 0) is 35.4 Å². The molecule has 1 aliphatic carbocycles. The molecule has 3 N–H and O–H groups in total. The number of ether oxygens (including phenoxy) is 3. The maximum atomic E-state index is 12.3. The molecule has 2 aromatic rings. The average Bonchev–Trinajstić information content (AvgIpc) is 2.62. The highest BCUT2D eigenvalue weighted by molar-refractivity contribution is 6.08. The quantitative estimate of drug-likeness (QED) is 0.545. The molecule has 0 amide bonds. The van der Waals surface area contributed by atoms with Crippen molar-refractivity contribution < 1.29 is 39.1 Å². The summed E-state index contributed by atoms with van der Waals surface area (Å²) in [5.41, 5.74) is 1.08.